The lowest BCUT2D eigenvalue weighted by molar-refractivity contribution is 0.102. The summed E-state index contributed by atoms with van der Waals surface area (Å²) < 4.78 is 28.9. The summed E-state index contributed by atoms with van der Waals surface area (Å²) in [6, 6.07) is 22.1. The Kier molecular flexibility index (Phi) is 7.35. The van der Waals surface area contributed by atoms with E-state index in [1.807, 2.05) is 47.8 Å². The van der Waals surface area contributed by atoms with Crippen LogP contribution in [-0.2, 0) is 10.0 Å². The molecule has 1 amide bonds. The third kappa shape index (κ3) is 5.62. The van der Waals surface area contributed by atoms with Gasteiger partial charge >= 0.3 is 0 Å². The number of sulfonamides is 1. The Balaban J connectivity index is 1.32. The van der Waals surface area contributed by atoms with Gasteiger partial charge in [0.15, 0.2) is 0 Å². The highest BCUT2D eigenvalue weighted by Crippen LogP contribution is 2.28. The number of thiophene rings is 1. The van der Waals surface area contributed by atoms with Gasteiger partial charge in [-0.1, -0.05) is 42.8 Å². The van der Waals surface area contributed by atoms with Crippen LogP contribution in [-0.4, -0.2) is 51.5 Å². The first kappa shape index (κ1) is 26.8. The third-order valence-electron chi connectivity index (χ3n) is 6.79. The number of piperidine rings is 1. The van der Waals surface area contributed by atoms with Crippen LogP contribution >= 0.6 is 11.3 Å². The van der Waals surface area contributed by atoms with E-state index in [2.05, 4.69) is 20.4 Å². The number of hydrogen-bond donors (Lipinski definition) is 2. The number of aromatic nitrogens is 4. The van der Waals surface area contributed by atoms with Gasteiger partial charge in [0.2, 0.25) is 16.0 Å². The summed E-state index contributed by atoms with van der Waals surface area (Å²) >= 11 is 1.49. The van der Waals surface area contributed by atoms with Crippen LogP contribution in [0.4, 0.5) is 5.82 Å². The van der Waals surface area contributed by atoms with Crippen LogP contribution in [0, 0.1) is 0 Å². The molecule has 3 aromatic heterocycles. The second-order valence-electron chi connectivity index (χ2n) is 9.57. The van der Waals surface area contributed by atoms with Crippen molar-refractivity contribution in [2.45, 2.75) is 24.2 Å². The maximum absolute atomic E-state index is 13.3. The standard InChI is InChI=1S/C29H26N6O4S2/c36-27-19-23(20-8-3-1-4-9-20)30-29(32-27)35-26(18-24(33-35)25-10-7-17-40-25)31-28(37)21-11-13-22(14-12-21)41(38,39)34-15-5-2-6-16-34/h1,3-4,7-14,17-19H,2,5-6,15-16H2,(H,31,37)(H,30,32,36). The predicted molar refractivity (Wildman–Crippen MR) is 158 cm³/mol. The number of anilines is 1. The lowest BCUT2D eigenvalue weighted by atomic mass is 10.1. The van der Waals surface area contributed by atoms with E-state index in [1.54, 1.807) is 6.07 Å². The summed E-state index contributed by atoms with van der Waals surface area (Å²) in [5.41, 5.74) is 1.71. The van der Waals surface area contributed by atoms with Gasteiger partial charge in [0.25, 0.3) is 11.5 Å². The van der Waals surface area contributed by atoms with E-state index < -0.39 is 15.9 Å². The molecule has 2 N–H and O–H groups in total. The van der Waals surface area contributed by atoms with Crippen molar-refractivity contribution < 1.29 is 13.2 Å². The van der Waals surface area contributed by atoms with Crippen molar-refractivity contribution in [1.82, 2.24) is 24.1 Å². The van der Waals surface area contributed by atoms with Crippen LogP contribution in [0.1, 0.15) is 29.6 Å². The van der Waals surface area contributed by atoms with Gasteiger partial charge in [0.05, 0.1) is 15.5 Å². The monoisotopic (exact) mass is 586 g/mol. The third-order valence-corrected chi connectivity index (χ3v) is 9.60. The fourth-order valence-corrected chi connectivity index (χ4v) is 6.90. The van der Waals surface area contributed by atoms with Crippen molar-refractivity contribution in [2.75, 3.05) is 18.4 Å². The number of aromatic amines is 1. The number of carbonyl (C=O) groups is 1. The van der Waals surface area contributed by atoms with Crippen molar-refractivity contribution in [3.8, 4) is 27.8 Å². The van der Waals surface area contributed by atoms with Crippen LogP contribution < -0.4 is 10.9 Å². The van der Waals surface area contributed by atoms with E-state index in [0.29, 0.717) is 24.5 Å². The summed E-state index contributed by atoms with van der Waals surface area (Å²) in [5.74, 6) is -0.0402. The first-order chi connectivity index (χ1) is 19.9. The molecule has 10 nitrogen and oxygen atoms in total. The predicted octanol–water partition coefficient (Wildman–Crippen LogP) is 4.78. The highest BCUT2D eigenvalue weighted by atomic mass is 32.2. The molecule has 0 spiro atoms. The Morgan fingerprint density at radius 1 is 0.902 bits per heavy atom. The van der Waals surface area contributed by atoms with E-state index >= 15 is 0 Å². The molecule has 4 heterocycles. The molecule has 0 bridgehead atoms. The van der Waals surface area contributed by atoms with Gasteiger partial charge in [-0.15, -0.1) is 11.3 Å². The zero-order valence-corrected chi connectivity index (χ0v) is 23.5. The first-order valence-corrected chi connectivity index (χ1v) is 15.4. The zero-order valence-electron chi connectivity index (χ0n) is 21.9. The largest absolute Gasteiger partial charge is 0.306 e. The lowest BCUT2D eigenvalue weighted by Gasteiger charge is -2.25. The van der Waals surface area contributed by atoms with E-state index in [0.717, 1.165) is 29.7 Å². The molecule has 0 aliphatic carbocycles. The molecule has 1 aliphatic heterocycles. The number of H-pyrrole nitrogens is 1. The SMILES string of the molecule is O=C(Nc1cc(-c2cccs2)nn1-c1nc(-c2ccccc2)cc(=O)[nH]1)c1ccc(S(=O)(=O)N2CCCCC2)cc1. The number of rotatable bonds is 7. The summed E-state index contributed by atoms with van der Waals surface area (Å²) in [5, 5.41) is 9.41. The fraction of sp³-hybridized carbons (Fsp3) is 0.172. The quantitative estimate of drug-likeness (QED) is 0.282. The van der Waals surface area contributed by atoms with Crippen molar-refractivity contribution in [3.63, 3.8) is 0 Å². The highest BCUT2D eigenvalue weighted by Gasteiger charge is 2.26. The molecule has 41 heavy (non-hydrogen) atoms. The summed E-state index contributed by atoms with van der Waals surface area (Å²) in [7, 11) is -3.61. The Morgan fingerprint density at radius 2 is 1.66 bits per heavy atom. The second kappa shape index (κ2) is 11.2. The van der Waals surface area contributed by atoms with Gasteiger partial charge in [-0.05, 0) is 48.6 Å². The van der Waals surface area contributed by atoms with Gasteiger partial charge in [-0.2, -0.15) is 14.1 Å². The first-order valence-electron chi connectivity index (χ1n) is 13.1. The van der Waals surface area contributed by atoms with Crippen LogP contribution in [0.3, 0.4) is 0 Å². The summed E-state index contributed by atoms with van der Waals surface area (Å²) in [6.45, 7) is 1.01. The number of hydrogen-bond acceptors (Lipinski definition) is 7. The smallest absolute Gasteiger partial charge is 0.256 e. The molecule has 6 rings (SSSR count). The minimum absolute atomic E-state index is 0.137. The molecule has 12 heteroatoms. The van der Waals surface area contributed by atoms with Crippen molar-refractivity contribution in [3.05, 3.63) is 100 Å². The number of nitrogens with zero attached hydrogens (tertiary/aromatic N) is 4. The number of amides is 1. The van der Waals surface area contributed by atoms with Crippen LogP contribution in [0.5, 0.6) is 0 Å². The number of nitrogens with one attached hydrogen (secondary N) is 2. The highest BCUT2D eigenvalue weighted by molar-refractivity contribution is 7.89. The van der Waals surface area contributed by atoms with Gasteiger partial charge in [0, 0.05) is 36.3 Å². The van der Waals surface area contributed by atoms with Gasteiger partial charge in [-0.25, -0.2) is 13.4 Å². The Bertz CT molecular complexity index is 1840. The molecule has 2 aromatic carbocycles. The Labute approximate surface area is 240 Å². The maximum Gasteiger partial charge on any atom is 0.256 e. The van der Waals surface area contributed by atoms with E-state index in [4.69, 9.17) is 0 Å². The van der Waals surface area contributed by atoms with Crippen LogP contribution in [0.25, 0.3) is 27.8 Å². The fourth-order valence-electron chi connectivity index (χ4n) is 4.70. The summed E-state index contributed by atoms with van der Waals surface area (Å²) in [6.07, 6.45) is 2.71. The lowest BCUT2D eigenvalue weighted by Crippen LogP contribution is -2.35. The minimum Gasteiger partial charge on any atom is -0.306 e. The zero-order chi connectivity index (χ0) is 28.4. The van der Waals surface area contributed by atoms with Crippen molar-refractivity contribution in [1.29, 1.82) is 0 Å². The van der Waals surface area contributed by atoms with Crippen molar-refractivity contribution >= 4 is 33.1 Å². The minimum atomic E-state index is -3.61. The molecule has 0 saturated carbocycles. The van der Waals surface area contributed by atoms with E-state index in [9.17, 15) is 18.0 Å². The number of carbonyl (C=O) groups excluding carboxylic acids is 1. The van der Waals surface area contributed by atoms with Gasteiger partial charge < -0.3 is 5.32 Å². The molecule has 1 saturated heterocycles. The Morgan fingerprint density at radius 3 is 2.37 bits per heavy atom. The second-order valence-corrected chi connectivity index (χ2v) is 12.5. The molecule has 1 fully saturated rings. The van der Waals surface area contributed by atoms with E-state index in [1.165, 1.54) is 50.7 Å². The Hall–Kier alpha value is -4.39. The molecular weight excluding hydrogens is 560 g/mol. The maximum atomic E-state index is 13.3. The number of benzene rings is 2. The molecule has 1 aliphatic rings. The van der Waals surface area contributed by atoms with Crippen LogP contribution in [0.15, 0.2) is 93.9 Å². The summed E-state index contributed by atoms with van der Waals surface area (Å²) in [4.78, 5) is 34.3. The topological polar surface area (TPSA) is 130 Å². The molecular formula is C29H26N6O4S2. The molecule has 0 unspecified atom stereocenters. The van der Waals surface area contributed by atoms with Crippen LogP contribution in [0.2, 0.25) is 0 Å². The van der Waals surface area contributed by atoms with Gasteiger partial charge in [0.1, 0.15) is 11.5 Å². The average molecular weight is 587 g/mol. The molecule has 208 valence electrons. The average Bonchev–Trinajstić information content (AvgIpc) is 3.69. The molecule has 0 radical (unpaired) electrons. The van der Waals surface area contributed by atoms with Crippen molar-refractivity contribution in [2.24, 2.45) is 0 Å². The van der Waals surface area contributed by atoms with Gasteiger partial charge in [-0.3, -0.25) is 14.6 Å². The van der Waals surface area contributed by atoms with E-state index in [-0.39, 0.29) is 27.8 Å². The molecule has 5 aromatic rings. The normalized spacial score (nSPS) is 14.1. The molecule has 0 atom stereocenters.